The van der Waals surface area contributed by atoms with E-state index in [1.165, 1.54) is 0 Å². The Balaban J connectivity index is 1.45. The van der Waals surface area contributed by atoms with Gasteiger partial charge in [-0.05, 0) is 24.3 Å². The molecular formula is C25H22N4O. The zero-order chi connectivity index (χ0) is 20.3. The molecule has 5 rings (SSSR count). The van der Waals surface area contributed by atoms with Crippen LogP contribution in [0.1, 0.15) is 10.4 Å². The Bertz CT molecular complexity index is 1170. The summed E-state index contributed by atoms with van der Waals surface area (Å²) in [5.41, 5.74) is 4.56. The number of amides is 1. The lowest BCUT2D eigenvalue weighted by Gasteiger charge is -2.36. The fraction of sp³-hybridized carbons (Fsp3) is 0.160. The molecule has 1 aliphatic rings. The number of fused-ring (bicyclic) bond motifs is 1. The van der Waals surface area contributed by atoms with Crippen LogP contribution in [0.3, 0.4) is 0 Å². The largest absolute Gasteiger partial charge is 0.368 e. The number of rotatable bonds is 3. The highest BCUT2D eigenvalue weighted by Crippen LogP contribution is 2.26. The van der Waals surface area contributed by atoms with E-state index < -0.39 is 0 Å². The average molecular weight is 394 g/mol. The van der Waals surface area contributed by atoms with E-state index in [-0.39, 0.29) is 5.91 Å². The highest BCUT2D eigenvalue weighted by atomic mass is 16.2. The first-order valence-corrected chi connectivity index (χ1v) is 10.2. The molecule has 0 bridgehead atoms. The SMILES string of the molecule is O=C(c1cc(-c2ccccc2)nc2ccccc12)N1CCN(c2ccncc2)CC1. The van der Waals surface area contributed by atoms with E-state index in [1.54, 1.807) is 12.4 Å². The summed E-state index contributed by atoms with van der Waals surface area (Å²) in [6, 6.07) is 23.9. The quantitative estimate of drug-likeness (QED) is 0.521. The first-order valence-electron chi connectivity index (χ1n) is 10.2. The van der Waals surface area contributed by atoms with Gasteiger partial charge in [-0.25, -0.2) is 4.98 Å². The molecule has 5 heteroatoms. The van der Waals surface area contributed by atoms with Gasteiger partial charge in [0.1, 0.15) is 0 Å². The molecule has 0 atom stereocenters. The summed E-state index contributed by atoms with van der Waals surface area (Å²) in [4.78, 5) is 26.6. The molecule has 5 nitrogen and oxygen atoms in total. The van der Waals surface area contributed by atoms with E-state index in [2.05, 4.69) is 9.88 Å². The summed E-state index contributed by atoms with van der Waals surface area (Å²) in [5.74, 6) is 0.0696. The van der Waals surface area contributed by atoms with Crippen LogP contribution in [0.25, 0.3) is 22.2 Å². The monoisotopic (exact) mass is 394 g/mol. The molecule has 2 aromatic heterocycles. The molecule has 0 saturated carbocycles. The van der Waals surface area contributed by atoms with Crippen molar-refractivity contribution in [1.29, 1.82) is 0 Å². The summed E-state index contributed by atoms with van der Waals surface area (Å²) < 4.78 is 0. The van der Waals surface area contributed by atoms with E-state index in [0.29, 0.717) is 13.1 Å². The van der Waals surface area contributed by atoms with Crippen molar-refractivity contribution >= 4 is 22.5 Å². The standard InChI is InChI=1S/C25H22N4O/c30-25(29-16-14-28(15-17-29)20-10-12-26-13-11-20)22-18-24(19-6-2-1-3-7-19)27-23-9-5-4-8-21(22)23/h1-13,18H,14-17H2. The van der Waals surface area contributed by atoms with Crippen molar-refractivity contribution in [2.45, 2.75) is 0 Å². The number of nitrogens with zero attached hydrogens (tertiary/aromatic N) is 4. The molecule has 0 N–H and O–H groups in total. The van der Waals surface area contributed by atoms with Crippen molar-refractivity contribution in [2.24, 2.45) is 0 Å². The molecule has 148 valence electrons. The molecule has 0 radical (unpaired) electrons. The van der Waals surface area contributed by atoms with E-state index in [1.807, 2.05) is 77.7 Å². The van der Waals surface area contributed by atoms with Gasteiger partial charge < -0.3 is 9.80 Å². The number of anilines is 1. The minimum Gasteiger partial charge on any atom is -0.368 e. The molecule has 1 amide bonds. The number of carbonyl (C=O) groups excluding carboxylic acids is 1. The minimum absolute atomic E-state index is 0.0696. The zero-order valence-corrected chi connectivity index (χ0v) is 16.6. The normalized spacial score (nSPS) is 14.1. The summed E-state index contributed by atoms with van der Waals surface area (Å²) in [6.45, 7) is 3.01. The smallest absolute Gasteiger partial charge is 0.254 e. The highest BCUT2D eigenvalue weighted by molar-refractivity contribution is 6.07. The third kappa shape index (κ3) is 3.50. The second-order valence-corrected chi connectivity index (χ2v) is 7.42. The average Bonchev–Trinajstić information content (AvgIpc) is 2.84. The van der Waals surface area contributed by atoms with Gasteiger partial charge in [0.25, 0.3) is 5.91 Å². The van der Waals surface area contributed by atoms with Crippen LogP contribution in [0.2, 0.25) is 0 Å². The van der Waals surface area contributed by atoms with Gasteiger partial charge in [0.2, 0.25) is 0 Å². The van der Waals surface area contributed by atoms with Crippen molar-refractivity contribution in [3.63, 3.8) is 0 Å². The second-order valence-electron chi connectivity index (χ2n) is 7.42. The Morgan fingerprint density at radius 2 is 1.50 bits per heavy atom. The van der Waals surface area contributed by atoms with E-state index in [4.69, 9.17) is 4.98 Å². The maximum absolute atomic E-state index is 13.5. The van der Waals surface area contributed by atoms with E-state index in [0.717, 1.165) is 46.5 Å². The molecular weight excluding hydrogens is 372 g/mol. The van der Waals surface area contributed by atoms with Gasteiger partial charge in [-0.15, -0.1) is 0 Å². The Morgan fingerprint density at radius 1 is 0.800 bits per heavy atom. The van der Waals surface area contributed by atoms with Crippen LogP contribution in [-0.4, -0.2) is 47.0 Å². The van der Waals surface area contributed by atoms with Crippen molar-refractivity contribution in [3.8, 4) is 11.3 Å². The Labute approximate surface area is 175 Å². The van der Waals surface area contributed by atoms with Gasteiger partial charge in [0.15, 0.2) is 0 Å². The number of para-hydroxylation sites is 1. The van der Waals surface area contributed by atoms with Crippen LogP contribution in [-0.2, 0) is 0 Å². The van der Waals surface area contributed by atoms with Crippen LogP contribution in [0.4, 0.5) is 5.69 Å². The molecule has 1 aliphatic heterocycles. The lowest BCUT2D eigenvalue weighted by Crippen LogP contribution is -2.48. The number of piperazine rings is 1. The lowest BCUT2D eigenvalue weighted by molar-refractivity contribution is 0.0748. The van der Waals surface area contributed by atoms with Gasteiger partial charge in [0.05, 0.1) is 16.8 Å². The van der Waals surface area contributed by atoms with Crippen LogP contribution >= 0.6 is 0 Å². The van der Waals surface area contributed by atoms with Crippen LogP contribution in [0.15, 0.2) is 85.2 Å². The van der Waals surface area contributed by atoms with Crippen molar-refractivity contribution < 1.29 is 4.79 Å². The molecule has 0 aliphatic carbocycles. The van der Waals surface area contributed by atoms with Gasteiger partial charge >= 0.3 is 0 Å². The van der Waals surface area contributed by atoms with Gasteiger partial charge in [-0.1, -0.05) is 48.5 Å². The molecule has 3 heterocycles. The fourth-order valence-corrected chi connectivity index (χ4v) is 4.00. The Morgan fingerprint density at radius 3 is 2.27 bits per heavy atom. The van der Waals surface area contributed by atoms with Crippen LogP contribution in [0.5, 0.6) is 0 Å². The van der Waals surface area contributed by atoms with Crippen LogP contribution < -0.4 is 4.90 Å². The molecule has 4 aromatic rings. The summed E-state index contributed by atoms with van der Waals surface area (Å²) in [6.07, 6.45) is 3.61. The van der Waals surface area contributed by atoms with Crippen LogP contribution in [0, 0.1) is 0 Å². The van der Waals surface area contributed by atoms with Gasteiger partial charge in [-0.3, -0.25) is 9.78 Å². The maximum Gasteiger partial charge on any atom is 0.254 e. The first kappa shape index (κ1) is 18.3. The highest BCUT2D eigenvalue weighted by Gasteiger charge is 2.24. The van der Waals surface area contributed by atoms with Gasteiger partial charge in [-0.2, -0.15) is 0 Å². The molecule has 30 heavy (non-hydrogen) atoms. The Hall–Kier alpha value is -3.73. The number of benzene rings is 2. The zero-order valence-electron chi connectivity index (χ0n) is 16.6. The summed E-state index contributed by atoms with van der Waals surface area (Å²) >= 11 is 0. The number of hydrogen-bond donors (Lipinski definition) is 0. The van der Waals surface area contributed by atoms with E-state index >= 15 is 0 Å². The lowest BCUT2D eigenvalue weighted by atomic mass is 10.0. The molecule has 1 fully saturated rings. The van der Waals surface area contributed by atoms with E-state index in [9.17, 15) is 4.79 Å². The second kappa shape index (κ2) is 7.95. The number of aromatic nitrogens is 2. The molecule has 0 spiro atoms. The molecule has 2 aromatic carbocycles. The predicted octanol–water partition coefficient (Wildman–Crippen LogP) is 4.26. The topological polar surface area (TPSA) is 49.3 Å². The summed E-state index contributed by atoms with van der Waals surface area (Å²) in [5, 5.41) is 0.902. The maximum atomic E-state index is 13.5. The number of hydrogen-bond acceptors (Lipinski definition) is 4. The van der Waals surface area contributed by atoms with Crippen molar-refractivity contribution in [2.75, 3.05) is 31.1 Å². The third-order valence-corrected chi connectivity index (χ3v) is 5.61. The number of carbonyl (C=O) groups is 1. The Kier molecular flexibility index (Phi) is 4.85. The van der Waals surface area contributed by atoms with Crippen molar-refractivity contribution in [3.05, 3.63) is 90.8 Å². The number of pyridine rings is 2. The molecule has 1 saturated heterocycles. The first-order chi connectivity index (χ1) is 14.8. The minimum atomic E-state index is 0.0696. The summed E-state index contributed by atoms with van der Waals surface area (Å²) in [7, 11) is 0. The van der Waals surface area contributed by atoms with Crippen molar-refractivity contribution in [1.82, 2.24) is 14.9 Å². The van der Waals surface area contributed by atoms with Gasteiger partial charge in [0, 0.05) is 55.2 Å². The third-order valence-electron chi connectivity index (χ3n) is 5.61. The molecule has 0 unspecified atom stereocenters. The fourth-order valence-electron chi connectivity index (χ4n) is 4.00. The predicted molar refractivity (Wildman–Crippen MR) is 120 cm³/mol.